The van der Waals surface area contributed by atoms with Gasteiger partial charge in [-0.25, -0.2) is 12.8 Å². The minimum atomic E-state index is -3.96. The summed E-state index contributed by atoms with van der Waals surface area (Å²) in [7, 11) is -2.54. The molecule has 156 valence electrons. The van der Waals surface area contributed by atoms with Gasteiger partial charge in [-0.2, -0.15) is 0 Å². The van der Waals surface area contributed by atoms with E-state index in [1.54, 1.807) is 12.1 Å². The molecule has 0 radical (unpaired) electrons. The fourth-order valence-electron chi connectivity index (χ4n) is 2.65. The highest BCUT2D eigenvalue weighted by Gasteiger charge is 2.17. The van der Waals surface area contributed by atoms with Crippen molar-refractivity contribution in [1.82, 2.24) is 5.32 Å². The van der Waals surface area contributed by atoms with Gasteiger partial charge in [-0.1, -0.05) is 12.1 Å². The molecule has 30 heavy (non-hydrogen) atoms. The van der Waals surface area contributed by atoms with Crippen LogP contribution < -0.4 is 14.8 Å². The van der Waals surface area contributed by atoms with Crippen LogP contribution in [0.2, 0.25) is 0 Å². The Labute approximate surface area is 173 Å². The van der Waals surface area contributed by atoms with E-state index in [1.165, 1.54) is 49.6 Å². The third-order valence-electron chi connectivity index (χ3n) is 4.20. The molecule has 1 amide bonds. The zero-order chi connectivity index (χ0) is 21.7. The molecule has 3 rings (SSSR count). The summed E-state index contributed by atoms with van der Waals surface area (Å²) in [6, 6.07) is 15.1. The first-order valence-electron chi connectivity index (χ1n) is 8.81. The van der Waals surface area contributed by atoms with Crippen molar-refractivity contribution in [1.29, 1.82) is 0 Å². The molecule has 0 unspecified atom stereocenters. The van der Waals surface area contributed by atoms with Crippen molar-refractivity contribution in [2.24, 2.45) is 0 Å². The fourth-order valence-corrected chi connectivity index (χ4v) is 3.76. The number of sulfonamides is 1. The molecule has 9 heteroatoms. The van der Waals surface area contributed by atoms with Crippen LogP contribution in [-0.4, -0.2) is 26.5 Å². The SMILES string of the molecule is COc1cc(CNC(=O)c2cccc(S(=O)(=O)Nc3ccc(F)cc3)c2)ccc1O. The van der Waals surface area contributed by atoms with Gasteiger partial charge in [0.25, 0.3) is 15.9 Å². The number of hydrogen-bond donors (Lipinski definition) is 3. The number of amides is 1. The maximum absolute atomic E-state index is 13.0. The largest absolute Gasteiger partial charge is 0.504 e. The van der Waals surface area contributed by atoms with E-state index >= 15 is 0 Å². The van der Waals surface area contributed by atoms with Gasteiger partial charge in [0, 0.05) is 17.8 Å². The lowest BCUT2D eigenvalue weighted by Gasteiger charge is -2.11. The van der Waals surface area contributed by atoms with Gasteiger partial charge < -0.3 is 15.2 Å². The molecule has 0 aliphatic heterocycles. The number of carbonyl (C=O) groups excluding carboxylic acids is 1. The van der Waals surface area contributed by atoms with E-state index in [1.807, 2.05) is 0 Å². The molecule has 7 nitrogen and oxygen atoms in total. The van der Waals surface area contributed by atoms with Crippen molar-refractivity contribution in [2.75, 3.05) is 11.8 Å². The molecule has 0 bridgehead atoms. The minimum Gasteiger partial charge on any atom is -0.504 e. The Morgan fingerprint density at radius 3 is 2.50 bits per heavy atom. The van der Waals surface area contributed by atoms with Crippen LogP contribution in [0.25, 0.3) is 0 Å². The number of ether oxygens (including phenoxy) is 1. The van der Waals surface area contributed by atoms with Gasteiger partial charge in [0.15, 0.2) is 11.5 Å². The Hall–Kier alpha value is -3.59. The van der Waals surface area contributed by atoms with Crippen molar-refractivity contribution in [2.45, 2.75) is 11.4 Å². The predicted molar refractivity (Wildman–Crippen MR) is 109 cm³/mol. The summed E-state index contributed by atoms with van der Waals surface area (Å²) >= 11 is 0. The lowest BCUT2D eigenvalue weighted by Crippen LogP contribution is -2.23. The lowest BCUT2D eigenvalue weighted by atomic mass is 10.1. The summed E-state index contributed by atoms with van der Waals surface area (Å²) in [5.41, 5.74) is 1.05. The molecular formula is C21H19FN2O5S. The molecule has 0 aliphatic rings. The fraction of sp³-hybridized carbons (Fsp3) is 0.0952. The summed E-state index contributed by atoms with van der Waals surface area (Å²) in [4.78, 5) is 12.4. The van der Waals surface area contributed by atoms with Gasteiger partial charge in [0.1, 0.15) is 5.82 Å². The summed E-state index contributed by atoms with van der Waals surface area (Å²) < 4.78 is 45.5. The van der Waals surface area contributed by atoms with Crippen LogP contribution in [0.15, 0.2) is 71.6 Å². The molecule has 0 saturated carbocycles. The Morgan fingerprint density at radius 1 is 1.07 bits per heavy atom. The Morgan fingerprint density at radius 2 is 1.80 bits per heavy atom. The zero-order valence-electron chi connectivity index (χ0n) is 15.9. The maximum Gasteiger partial charge on any atom is 0.261 e. The summed E-state index contributed by atoms with van der Waals surface area (Å²) in [6.07, 6.45) is 0. The van der Waals surface area contributed by atoms with Crippen molar-refractivity contribution in [3.05, 3.63) is 83.7 Å². The second-order valence-corrected chi connectivity index (χ2v) is 8.01. The summed E-state index contributed by atoms with van der Waals surface area (Å²) in [6.45, 7) is 0.153. The minimum absolute atomic E-state index is 0.0147. The van der Waals surface area contributed by atoms with E-state index in [9.17, 15) is 22.7 Å². The molecule has 3 aromatic rings. The van der Waals surface area contributed by atoms with Crippen molar-refractivity contribution in [3.63, 3.8) is 0 Å². The van der Waals surface area contributed by atoms with Gasteiger partial charge in [-0.15, -0.1) is 0 Å². The molecule has 0 saturated heterocycles. The van der Waals surface area contributed by atoms with Crippen LogP contribution in [0.4, 0.5) is 10.1 Å². The average molecular weight is 430 g/mol. The average Bonchev–Trinajstić information content (AvgIpc) is 2.74. The van der Waals surface area contributed by atoms with Crippen LogP contribution in [0.5, 0.6) is 11.5 Å². The number of hydrogen-bond acceptors (Lipinski definition) is 5. The monoisotopic (exact) mass is 430 g/mol. The first-order chi connectivity index (χ1) is 14.3. The topological polar surface area (TPSA) is 105 Å². The van der Waals surface area contributed by atoms with E-state index in [4.69, 9.17) is 4.74 Å². The van der Waals surface area contributed by atoms with E-state index in [-0.39, 0.29) is 34.2 Å². The number of nitrogens with one attached hydrogen (secondary N) is 2. The van der Waals surface area contributed by atoms with Gasteiger partial charge in [-0.05, 0) is 60.2 Å². The van der Waals surface area contributed by atoms with E-state index in [2.05, 4.69) is 10.0 Å². The number of aromatic hydroxyl groups is 1. The quantitative estimate of drug-likeness (QED) is 0.534. The molecule has 0 fully saturated rings. The Balaban J connectivity index is 1.72. The highest BCUT2D eigenvalue weighted by molar-refractivity contribution is 7.92. The number of halogens is 1. The van der Waals surface area contributed by atoms with Crippen LogP contribution in [0.3, 0.4) is 0 Å². The number of rotatable bonds is 7. The Kier molecular flexibility index (Phi) is 6.22. The van der Waals surface area contributed by atoms with E-state index < -0.39 is 21.7 Å². The van der Waals surface area contributed by atoms with Crippen LogP contribution in [-0.2, 0) is 16.6 Å². The number of methoxy groups -OCH3 is 1. The van der Waals surface area contributed by atoms with Gasteiger partial charge in [0.05, 0.1) is 12.0 Å². The molecule has 0 atom stereocenters. The molecule has 0 aliphatic carbocycles. The smallest absolute Gasteiger partial charge is 0.261 e. The summed E-state index contributed by atoms with van der Waals surface area (Å²) in [5, 5.41) is 12.3. The Bertz CT molecular complexity index is 1160. The van der Waals surface area contributed by atoms with Gasteiger partial charge in [-0.3, -0.25) is 9.52 Å². The van der Waals surface area contributed by atoms with Crippen molar-refractivity contribution >= 4 is 21.6 Å². The maximum atomic E-state index is 13.0. The molecule has 3 aromatic carbocycles. The number of carbonyl (C=O) groups is 1. The van der Waals surface area contributed by atoms with Crippen LogP contribution >= 0.6 is 0 Å². The van der Waals surface area contributed by atoms with Crippen molar-refractivity contribution < 1.29 is 27.4 Å². The van der Waals surface area contributed by atoms with Gasteiger partial charge >= 0.3 is 0 Å². The normalized spacial score (nSPS) is 11.0. The van der Waals surface area contributed by atoms with Crippen LogP contribution in [0.1, 0.15) is 15.9 Å². The second-order valence-electron chi connectivity index (χ2n) is 6.33. The molecular weight excluding hydrogens is 411 g/mol. The van der Waals surface area contributed by atoms with E-state index in [0.717, 1.165) is 12.1 Å². The lowest BCUT2D eigenvalue weighted by molar-refractivity contribution is 0.0950. The third kappa shape index (κ3) is 5.06. The standard InChI is InChI=1S/C21H19FN2O5S/c1-29-20-11-14(5-10-19(20)25)13-23-21(26)15-3-2-4-18(12-15)30(27,28)24-17-8-6-16(22)7-9-17/h2-12,24-25H,13H2,1H3,(H,23,26). The first kappa shape index (κ1) is 21.1. The highest BCUT2D eigenvalue weighted by Crippen LogP contribution is 2.26. The third-order valence-corrected chi connectivity index (χ3v) is 5.58. The molecule has 0 spiro atoms. The number of benzene rings is 3. The predicted octanol–water partition coefficient (Wildman–Crippen LogP) is 3.27. The number of anilines is 1. The molecule has 0 heterocycles. The van der Waals surface area contributed by atoms with E-state index in [0.29, 0.717) is 5.56 Å². The van der Waals surface area contributed by atoms with Gasteiger partial charge in [0.2, 0.25) is 0 Å². The zero-order valence-corrected chi connectivity index (χ0v) is 16.7. The second kappa shape index (κ2) is 8.83. The number of phenols is 1. The summed E-state index contributed by atoms with van der Waals surface area (Å²) in [5.74, 6) is -0.690. The molecule has 0 aromatic heterocycles. The number of phenolic OH excluding ortho intramolecular Hbond substituents is 1. The first-order valence-corrected chi connectivity index (χ1v) is 10.3. The van der Waals surface area contributed by atoms with Crippen molar-refractivity contribution in [3.8, 4) is 11.5 Å². The molecule has 3 N–H and O–H groups in total. The highest BCUT2D eigenvalue weighted by atomic mass is 32.2. The van der Waals surface area contributed by atoms with Crippen LogP contribution in [0, 0.1) is 5.82 Å².